The van der Waals surface area contributed by atoms with Crippen LogP contribution in [0.1, 0.15) is 85.3 Å². The van der Waals surface area contributed by atoms with Crippen molar-refractivity contribution in [3.05, 3.63) is 34.2 Å². The zero-order valence-corrected chi connectivity index (χ0v) is 28.6. The summed E-state index contributed by atoms with van der Waals surface area (Å²) in [6.07, 6.45) is 4.93. The summed E-state index contributed by atoms with van der Waals surface area (Å²) in [5.41, 5.74) is -2.27. The molecule has 5 atom stereocenters. The Morgan fingerprint density at radius 1 is 1.21 bits per heavy atom. The number of hydrogen-bond donors (Lipinski definition) is 3. The largest absolute Gasteiger partial charge is 0.540 e. The number of fused-ring (bicyclic) bond motifs is 1. The second kappa shape index (κ2) is 16.8. The Labute approximate surface area is 283 Å². The third-order valence-corrected chi connectivity index (χ3v) is 8.66. The Hall–Kier alpha value is -3.13. The molecule has 1 aromatic heterocycles. The van der Waals surface area contributed by atoms with E-state index in [1.165, 1.54) is 23.5 Å². The first-order chi connectivity index (χ1) is 21.5. The van der Waals surface area contributed by atoms with Crippen molar-refractivity contribution >= 4 is 29.3 Å². The fourth-order valence-electron chi connectivity index (χ4n) is 5.79. The van der Waals surface area contributed by atoms with E-state index < -0.39 is 53.8 Å². The fraction of sp³-hybridized carbons (Fsp3) is 0.656. The number of nitrogens with zero attached hydrogens (tertiary/aromatic N) is 2. The maximum atomic E-state index is 14.4. The minimum absolute atomic E-state index is 0. The number of carbonyl (C=O) groups is 2. The molecule has 1 saturated heterocycles. The molecule has 3 N–H and O–H groups in total. The van der Waals surface area contributed by atoms with Gasteiger partial charge in [0.2, 0.25) is 5.91 Å². The summed E-state index contributed by atoms with van der Waals surface area (Å²) in [6.45, 7) is 6.95. The molecule has 47 heavy (non-hydrogen) atoms. The number of unbranched alkanes of at least 4 members (excludes halogenated alkanes) is 1. The minimum atomic E-state index is -3.34. The van der Waals surface area contributed by atoms with Gasteiger partial charge in [-0.05, 0) is 54.6 Å². The minimum Gasteiger partial charge on any atom is -0.540 e. The van der Waals surface area contributed by atoms with Crippen LogP contribution in [0, 0.1) is 23.2 Å². The Kier molecular flexibility index (Phi) is 14.3. The molecule has 4 rings (SSSR count). The Balaban J connectivity index is 0.000000332. The van der Waals surface area contributed by atoms with Crippen molar-refractivity contribution < 1.29 is 60.3 Å². The van der Waals surface area contributed by atoms with Crippen LogP contribution >= 0.6 is 0 Å². The quantitative estimate of drug-likeness (QED) is 0.135. The van der Waals surface area contributed by atoms with Gasteiger partial charge in [-0.2, -0.15) is 17.6 Å². The summed E-state index contributed by atoms with van der Waals surface area (Å²) in [4.78, 5) is 54.1. The molecule has 2 aliphatic rings. The van der Waals surface area contributed by atoms with E-state index in [9.17, 15) is 36.7 Å². The van der Waals surface area contributed by atoms with Gasteiger partial charge >= 0.3 is 12.7 Å². The van der Waals surface area contributed by atoms with Crippen LogP contribution in [0.2, 0.25) is 0 Å². The number of likely N-dealkylation sites (tertiary alicyclic amines) is 1. The molecule has 10 nitrogen and oxygen atoms in total. The number of aromatic amines is 1. The van der Waals surface area contributed by atoms with E-state index in [1.807, 2.05) is 13.2 Å². The third-order valence-electron chi connectivity index (χ3n) is 8.66. The number of halogens is 4. The van der Waals surface area contributed by atoms with Gasteiger partial charge in [0, 0.05) is 37.6 Å². The number of carboxylic acid groups (broad SMARTS) is 1. The number of alkyl halides is 4. The van der Waals surface area contributed by atoms with Gasteiger partial charge in [-0.25, -0.2) is 16.1 Å². The van der Waals surface area contributed by atoms with Gasteiger partial charge in [-0.3, -0.25) is 9.59 Å². The number of amides is 2. The molecule has 2 aromatic rings. The molecular weight excluding hydrogens is 663 g/mol. The van der Waals surface area contributed by atoms with Crippen molar-refractivity contribution in [2.45, 2.75) is 104 Å². The number of rotatable bonds is 12. The summed E-state index contributed by atoms with van der Waals surface area (Å²) in [5.74, 6) is -2.41. The van der Waals surface area contributed by atoms with Gasteiger partial charge in [-0.1, -0.05) is 59.9 Å². The second-order valence-corrected chi connectivity index (χ2v) is 13.2. The molecule has 2 heterocycles. The number of H-pyrrole nitrogens is 1. The SMILES string of the molecule is CC1CC1CCCCC(F)(F)c1nc2ccc(OC(F)F)cc2[nH]c1=O.CCC1CCN(C(=O)[C@@H](NC(=O)O)C(C)(C)C)C1[C-]=O.[V]. The first-order valence-electron chi connectivity index (χ1n) is 15.5. The third kappa shape index (κ3) is 11.0. The van der Waals surface area contributed by atoms with Crippen molar-refractivity contribution in [2.75, 3.05) is 6.54 Å². The Bertz CT molecular complexity index is 1440. The average molecular weight is 707 g/mol. The zero-order valence-electron chi connectivity index (χ0n) is 27.2. The molecule has 2 amide bonds. The van der Waals surface area contributed by atoms with Crippen LogP contribution < -0.4 is 15.6 Å². The molecule has 261 valence electrons. The monoisotopic (exact) mass is 706 g/mol. The van der Waals surface area contributed by atoms with Crippen molar-refractivity contribution in [2.24, 2.45) is 23.2 Å². The van der Waals surface area contributed by atoms with E-state index in [0.29, 0.717) is 31.2 Å². The van der Waals surface area contributed by atoms with Crippen LogP contribution in [0.4, 0.5) is 22.4 Å². The van der Waals surface area contributed by atoms with E-state index in [2.05, 4.69) is 26.9 Å². The predicted molar refractivity (Wildman–Crippen MR) is 163 cm³/mol. The first kappa shape index (κ1) is 40.1. The van der Waals surface area contributed by atoms with E-state index in [1.54, 1.807) is 20.8 Å². The van der Waals surface area contributed by atoms with Gasteiger partial charge in [-0.15, -0.1) is 0 Å². The fourth-order valence-corrected chi connectivity index (χ4v) is 5.79. The number of ether oxygens (including phenoxy) is 1. The Morgan fingerprint density at radius 2 is 1.87 bits per heavy atom. The number of aromatic nitrogens is 2. The van der Waals surface area contributed by atoms with Crippen LogP contribution in [0.3, 0.4) is 0 Å². The van der Waals surface area contributed by atoms with Crippen LogP contribution in [0.15, 0.2) is 23.0 Å². The van der Waals surface area contributed by atoms with E-state index in [-0.39, 0.29) is 47.2 Å². The molecule has 1 saturated carbocycles. The molecule has 1 radical (unpaired) electrons. The van der Waals surface area contributed by atoms with Gasteiger partial charge in [0.05, 0.1) is 11.0 Å². The summed E-state index contributed by atoms with van der Waals surface area (Å²) in [7, 11) is 0. The number of hydrogen-bond acceptors (Lipinski definition) is 6. The van der Waals surface area contributed by atoms with E-state index in [0.717, 1.165) is 25.3 Å². The number of benzene rings is 1. The number of carbonyl (C=O) groups excluding carboxylic acids is 2. The predicted octanol–water partition coefficient (Wildman–Crippen LogP) is 6.24. The average Bonchev–Trinajstić information content (AvgIpc) is 3.50. The number of nitrogens with one attached hydrogen (secondary N) is 2. The van der Waals surface area contributed by atoms with Crippen LogP contribution in [-0.2, 0) is 34.1 Å². The summed E-state index contributed by atoms with van der Waals surface area (Å²) in [5, 5.41) is 11.2. The van der Waals surface area contributed by atoms with Gasteiger partial charge in [0.15, 0.2) is 5.69 Å². The maximum Gasteiger partial charge on any atom is 0.405 e. The van der Waals surface area contributed by atoms with E-state index in [4.69, 9.17) is 5.11 Å². The molecule has 1 aliphatic heterocycles. The summed E-state index contributed by atoms with van der Waals surface area (Å²) < 4.78 is 57.5. The molecule has 15 heteroatoms. The van der Waals surface area contributed by atoms with Crippen molar-refractivity contribution in [1.82, 2.24) is 20.2 Å². The molecule has 2 fully saturated rings. The van der Waals surface area contributed by atoms with Crippen LogP contribution in [-0.4, -0.2) is 63.5 Å². The van der Waals surface area contributed by atoms with Crippen molar-refractivity contribution in [3.63, 3.8) is 0 Å². The normalized spacial score (nSPS) is 21.4. The molecule has 0 bridgehead atoms. The van der Waals surface area contributed by atoms with Gasteiger partial charge in [0.25, 0.3) is 11.5 Å². The molecular formula is C32H43F4N4O6V-. The van der Waals surface area contributed by atoms with Crippen molar-refractivity contribution in [3.8, 4) is 5.75 Å². The maximum absolute atomic E-state index is 14.4. The molecule has 1 aromatic carbocycles. The van der Waals surface area contributed by atoms with E-state index >= 15 is 0 Å². The molecule has 1 aliphatic carbocycles. The van der Waals surface area contributed by atoms with Gasteiger partial charge in [0.1, 0.15) is 11.8 Å². The van der Waals surface area contributed by atoms with Gasteiger partial charge < -0.3 is 29.8 Å². The van der Waals surface area contributed by atoms with Crippen LogP contribution in [0.5, 0.6) is 5.75 Å². The van der Waals surface area contributed by atoms with Crippen LogP contribution in [0.25, 0.3) is 11.0 Å². The smallest absolute Gasteiger partial charge is 0.405 e. The zero-order chi connectivity index (χ0) is 34.4. The molecule has 0 spiro atoms. The summed E-state index contributed by atoms with van der Waals surface area (Å²) in [6, 6.07) is 2.16. The standard InChI is InChI=1S/C18H20F4N2O2.C14H23N2O4.V/c1-10-8-11(10)4-2-3-7-18(21,22)15-16(25)24-14-9-12(26-17(19)20)5-6-13(14)23-15;1-5-9-6-7-16(10(9)8-17)12(18)11(14(2,3)4)15-13(19)20;/h5-6,9-11,17H,2-4,7-8H2,1H3,(H,24,25);9-11,15H,5-7H2,1-4H3,(H,19,20);/q;-1;/t;9?,10?,11-;/m.1./s1. The second-order valence-electron chi connectivity index (χ2n) is 13.2. The summed E-state index contributed by atoms with van der Waals surface area (Å²) >= 11 is 0. The molecule has 4 unspecified atom stereocenters. The first-order valence-corrected chi connectivity index (χ1v) is 15.5. The van der Waals surface area contributed by atoms with Crippen molar-refractivity contribution in [1.29, 1.82) is 0 Å². The topological polar surface area (TPSA) is 142 Å². The Morgan fingerprint density at radius 3 is 2.40 bits per heavy atom.